The van der Waals surface area contributed by atoms with E-state index in [1.54, 1.807) is 6.20 Å². The molecule has 0 saturated heterocycles. The van der Waals surface area contributed by atoms with Gasteiger partial charge in [-0.05, 0) is 62.9 Å². The number of amides is 1. The molecule has 1 aromatic heterocycles. The average molecular weight is 336 g/mol. The van der Waals surface area contributed by atoms with Crippen molar-refractivity contribution in [3.05, 3.63) is 58.9 Å². The third-order valence-electron chi connectivity index (χ3n) is 5.82. The Morgan fingerprint density at radius 1 is 1.32 bits per heavy atom. The lowest BCUT2D eigenvalue weighted by molar-refractivity contribution is -0.123. The fraction of sp³-hybridized carbons (Fsp3) is 0.429. The zero-order chi connectivity index (χ0) is 17.6. The van der Waals surface area contributed by atoms with E-state index in [-0.39, 0.29) is 23.3 Å². The number of benzene rings is 1. The number of nitrogens with one attached hydrogen (secondary N) is 1. The summed E-state index contributed by atoms with van der Waals surface area (Å²) in [6.07, 6.45) is 3.58. The second-order valence-electron chi connectivity index (χ2n) is 7.43. The zero-order valence-corrected chi connectivity index (χ0v) is 15.0. The van der Waals surface area contributed by atoms with Crippen molar-refractivity contribution >= 4 is 5.91 Å². The largest absolute Gasteiger partial charge is 0.493 e. The Balaban J connectivity index is 1.54. The molecular weight excluding hydrogens is 312 g/mol. The summed E-state index contributed by atoms with van der Waals surface area (Å²) in [6.45, 7) is 6.90. The van der Waals surface area contributed by atoms with E-state index in [1.807, 2.05) is 25.1 Å². The van der Waals surface area contributed by atoms with Crippen LogP contribution in [0.25, 0.3) is 0 Å². The van der Waals surface area contributed by atoms with Crippen LogP contribution in [-0.2, 0) is 10.2 Å². The fourth-order valence-electron chi connectivity index (χ4n) is 4.02. The number of fused-ring (bicyclic) bond motifs is 2. The molecule has 1 spiro atoms. The first-order chi connectivity index (χ1) is 12.0. The summed E-state index contributed by atoms with van der Waals surface area (Å²) in [7, 11) is 0. The Labute approximate surface area is 148 Å². The summed E-state index contributed by atoms with van der Waals surface area (Å²) in [4.78, 5) is 17.2. The van der Waals surface area contributed by atoms with Crippen LogP contribution < -0.4 is 10.1 Å². The van der Waals surface area contributed by atoms with E-state index < -0.39 is 0 Å². The standard InChI is InChI=1S/C21H24N2O2/c1-13-10-16-19(11-14(13)2)25-9-7-21(16)12-17(21)20(24)23-15(3)18-6-4-5-8-22-18/h4-6,8,10-11,15,17H,7,9,12H2,1-3H3,(H,23,24)/t15-,17+,21+/m1/s1. The summed E-state index contributed by atoms with van der Waals surface area (Å²) >= 11 is 0. The number of aryl methyl sites for hydroxylation is 2. The molecule has 3 atom stereocenters. The van der Waals surface area contributed by atoms with E-state index in [0.717, 1.165) is 24.3 Å². The smallest absolute Gasteiger partial charge is 0.224 e. The molecule has 1 aromatic carbocycles. The number of hydrogen-bond acceptors (Lipinski definition) is 3. The second kappa shape index (κ2) is 5.87. The van der Waals surface area contributed by atoms with Crippen molar-refractivity contribution in [2.24, 2.45) is 5.92 Å². The van der Waals surface area contributed by atoms with E-state index >= 15 is 0 Å². The van der Waals surface area contributed by atoms with E-state index in [0.29, 0.717) is 6.61 Å². The summed E-state index contributed by atoms with van der Waals surface area (Å²) in [5.41, 5.74) is 4.56. The quantitative estimate of drug-likeness (QED) is 0.931. The van der Waals surface area contributed by atoms with Gasteiger partial charge in [-0.3, -0.25) is 9.78 Å². The van der Waals surface area contributed by atoms with Crippen LogP contribution in [0.15, 0.2) is 36.5 Å². The van der Waals surface area contributed by atoms with Crippen LogP contribution in [0.2, 0.25) is 0 Å². The minimum atomic E-state index is -0.0783. The highest BCUT2D eigenvalue weighted by molar-refractivity contribution is 5.85. The average Bonchev–Trinajstić information content (AvgIpc) is 3.33. The molecule has 1 N–H and O–H groups in total. The maximum atomic E-state index is 12.8. The van der Waals surface area contributed by atoms with Gasteiger partial charge < -0.3 is 10.1 Å². The van der Waals surface area contributed by atoms with Crippen molar-refractivity contribution in [3.63, 3.8) is 0 Å². The van der Waals surface area contributed by atoms with Crippen LogP contribution in [0.5, 0.6) is 5.75 Å². The lowest BCUT2D eigenvalue weighted by atomic mass is 9.85. The van der Waals surface area contributed by atoms with Crippen LogP contribution in [0, 0.1) is 19.8 Å². The molecule has 0 radical (unpaired) electrons. The van der Waals surface area contributed by atoms with Gasteiger partial charge in [-0.1, -0.05) is 12.1 Å². The number of pyridine rings is 1. The topological polar surface area (TPSA) is 51.2 Å². The van der Waals surface area contributed by atoms with Gasteiger partial charge >= 0.3 is 0 Å². The number of hydrogen-bond donors (Lipinski definition) is 1. The van der Waals surface area contributed by atoms with Gasteiger partial charge in [0, 0.05) is 23.1 Å². The molecule has 1 aliphatic carbocycles. The molecule has 1 amide bonds. The van der Waals surface area contributed by atoms with Crippen LogP contribution in [-0.4, -0.2) is 17.5 Å². The molecule has 4 rings (SSSR count). The highest BCUT2D eigenvalue weighted by Crippen LogP contribution is 2.61. The van der Waals surface area contributed by atoms with Crippen molar-refractivity contribution in [1.82, 2.24) is 10.3 Å². The predicted molar refractivity (Wildman–Crippen MR) is 96.6 cm³/mol. The summed E-state index contributed by atoms with van der Waals surface area (Å²) in [6, 6.07) is 10.0. The first kappa shape index (κ1) is 16.1. The van der Waals surface area contributed by atoms with E-state index in [1.165, 1.54) is 16.7 Å². The Morgan fingerprint density at radius 2 is 2.12 bits per heavy atom. The molecule has 4 nitrogen and oxygen atoms in total. The first-order valence-corrected chi connectivity index (χ1v) is 8.97. The molecule has 2 heterocycles. The molecule has 0 bridgehead atoms. The van der Waals surface area contributed by atoms with Gasteiger partial charge in [0.2, 0.25) is 5.91 Å². The third-order valence-corrected chi connectivity index (χ3v) is 5.82. The number of carbonyl (C=O) groups excluding carboxylic acids is 1. The molecule has 2 aromatic rings. The van der Waals surface area contributed by atoms with Crippen LogP contribution >= 0.6 is 0 Å². The van der Waals surface area contributed by atoms with Gasteiger partial charge in [-0.15, -0.1) is 0 Å². The highest BCUT2D eigenvalue weighted by Gasteiger charge is 2.61. The number of rotatable bonds is 3. The van der Waals surface area contributed by atoms with Crippen molar-refractivity contribution in [2.45, 2.75) is 45.1 Å². The minimum Gasteiger partial charge on any atom is -0.493 e. The fourth-order valence-corrected chi connectivity index (χ4v) is 4.02. The molecule has 2 aliphatic rings. The van der Waals surface area contributed by atoms with Crippen molar-refractivity contribution in [1.29, 1.82) is 0 Å². The first-order valence-electron chi connectivity index (χ1n) is 8.97. The van der Waals surface area contributed by atoms with Crippen molar-refractivity contribution in [2.75, 3.05) is 6.61 Å². The Bertz CT molecular complexity index is 818. The molecule has 4 heteroatoms. The summed E-state index contributed by atoms with van der Waals surface area (Å²) in [5.74, 6) is 1.12. The zero-order valence-electron chi connectivity index (χ0n) is 15.0. The second-order valence-corrected chi connectivity index (χ2v) is 7.43. The molecule has 130 valence electrons. The molecule has 0 unspecified atom stereocenters. The number of aromatic nitrogens is 1. The van der Waals surface area contributed by atoms with Gasteiger partial charge in [0.05, 0.1) is 18.3 Å². The lowest BCUT2D eigenvalue weighted by Gasteiger charge is -2.28. The third kappa shape index (κ3) is 2.70. The monoisotopic (exact) mass is 336 g/mol. The molecule has 1 aliphatic heterocycles. The van der Waals surface area contributed by atoms with E-state index in [4.69, 9.17) is 4.74 Å². The van der Waals surface area contributed by atoms with E-state index in [9.17, 15) is 4.79 Å². The summed E-state index contributed by atoms with van der Waals surface area (Å²) < 4.78 is 5.87. The molecular formula is C21H24N2O2. The SMILES string of the molecule is Cc1cc2c(cc1C)[C@]1(CCO2)C[C@H]1C(=O)N[C@H](C)c1ccccn1. The van der Waals surface area contributed by atoms with Crippen LogP contribution in [0.1, 0.15) is 48.2 Å². The maximum absolute atomic E-state index is 12.8. The lowest BCUT2D eigenvalue weighted by Crippen LogP contribution is -2.33. The summed E-state index contributed by atoms with van der Waals surface area (Å²) in [5, 5.41) is 3.14. The molecule has 25 heavy (non-hydrogen) atoms. The van der Waals surface area contributed by atoms with Crippen molar-refractivity contribution < 1.29 is 9.53 Å². The Hall–Kier alpha value is -2.36. The Kier molecular flexibility index (Phi) is 3.78. The van der Waals surface area contributed by atoms with Crippen LogP contribution in [0.4, 0.5) is 0 Å². The van der Waals surface area contributed by atoms with E-state index in [2.05, 4.69) is 36.3 Å². The maximum Gasteiger partial charge on any atom is 0.224 e. The Morgan fingerprint density at radius 3 is 2.88 bits per heavy atom. The van der Waals surface area contributed by atoms with Gasteiger partial charge in [0.25, 0.3) is 0 Å². The number of carbonyl (C=O) groups is 1. The van der Waals surface area contributed by atoms with Crippen molar-refractivity contribution in [3.8, 4) is 5.75 Å². The van der Waals surface area contributed by atoms with Gasteiger partial charge in [-0.25, -0.2) is 0 Å². The predicted octanol–water partition coefficient (Wildman–Crippen LogP) is 3.62. The number of nitrogens with zero attached hydrogens (tertiary/aromatic N) is 1. The van der Waals surface area contributed by atoms with Gasteiger partial charge in [0.15, 0.2) is 0 Å². The molecule has 1 fully saturated rings. The minimum absolute atomic E-state index is 0.0309. The van der Waals surface area contributed by atoms with Gasteiger partial charge in [-0.2, -0.15) is 0 Å². The van der Waals surface area contributed by atoms with Gasteiger partial charge in [0.1, 0.15) is 5.75 Å². The van der Waals surface area contributed by atoms with Crippen LogP contribution in [0.3, 0.4) is 0 Å². The normalized spacial score (nSPS) is 25.0. The number of ether oxygens (including phenoxy) is 1. The molecule has 1 saturated carbocycles. The highest BCUT2D eigenvalue weighted by atomic mass is 16.5.